The zero-order valence-electron chi connectivity index (χ0n) is 52.6. The Kier molecular flexibility index (Phi) is 12.3. The van der Waals surface area contributed by atoms with Crippen molar-refractivity contribution in [2.45, 2.75) is 19.3 Å². The average Bonchev–Trinajstić information content (AvgIpc) is 1.62. The average molecular weight is 1210 g/mol. The van der Waals surface area contributed by atoms with Crippen LogP contribution in [0.2, 0.25) is 0 Å². The van der Waals surface area contributed by atoms with E-state index < -0.39 is 0 Å². The third kappa shape index (κ3) is 8.61. The van der Waals surface area contributed by atoms with Gasteiger partial charge < -0.3 is 18.6 Å². The minimum absolute atomic E-state index is 0.300. The molecule has 0 amide bonds. The second-order valence-electron chi connectivity index (χ2n) is 26.0. The van der Waals surface area contributed by atoms with Crippen LogP contribution in [-0.2, 0) is 5.41 Å². The van der Waals surface area contributed by atoms with Crippen molar-refractivity contribution in [3.63, 3.8) is 0 Å². The van der Waals surface area contributed by atoms with Crippen LogP contribution in [0, 0.1) is 0 Å². The summed E-state index contributed by atoms with van der Waals surface area (Å²) in [5.74, 6) is 0. The molecule has 0 atom stereocenters. The molecule has 0 radical (unpaired) electrons. The molecule has 18 aromatic rings. The first kappa shape index (κ1) is 54.5. The Morgan fingerprint density at radius 1 is 0.221 bits per heavy atom. The molecule has 95 heavy (non-hydrogen) atoms. The van der Waals surface area contributed by atoms with E-state index in [1.807, 2.05) is 0 Å². The molecule has 3 aromatic heterocycles. The summed E-state index contributed by atoms with van der Waals surface area (Å²) in [6.45, 7) is 4.82. The zero-order valence-corrected chi connectivity index (χ0v) is 52.6. The fourth-order valence-electron chi connectivity index (χ4n) is 15.9. The Balaban J connectivity index is 0.711. The molecule has 0 N–H and O–H groups in total. The molecule has 446 valence electrons. The number of hydrogen-bond donors (Lipinski definition) is 0. The van der Waals surface area contributed by atoms with Crippen LogP contribution < -0.4 is 4.90 Å². The highest BCUT2D eigenvalue weighted by Crippen LogP contribution is 2.53. The van der Waals surface area contributed by atoms with Crippen molar-refractivity contribution in [2.75, 3.05) is 4.90 Å². The predicted molar refractivity (Wildman–Crippen MR) is 401 cm³/mol. The lowest BCUT2D eigenvalue weighted by Crippen LogP contribution is -2.17. The van der Waals surface area contributed by atoms with Gasteiger partial charge in [0.2, 0.25) is 0 Å². The predicted octanol–water partition coefficient (Wildman–Crippen LogP) is 24.6. The highest BCUT2D eigenvalue weighted by Gasteiger charge is 2.37. The van der Waals surface area contributed by atoms with E-state index in [0.29, 0.717) is 0 Å². The lowest BCUT2D eigenvalue weighted by atomic mass is 9.81. The number of nitrogens with zero attached hydrogens (tertiary/aromatic N) is 4. The summed E-state index contributed by atoms with van der Waals surface area (Å²) in [6, 6.07) is 126. The number of benzene rings is 15. The maximum atomic E-state index is 2.49. The van der Waals surface area contributed by atoms with Crippen molar-refractivity contribution in [1.82, 2.24) is 13.7 Å². The Labute approximate surface area is 551 Å². The van der Waals surface area contributed by atoms with Crippen molar-refractivity contribution < 1.29 is 0 Å². The van der Waals surface area contributed by atoms with Gasteiger partial charge in [-0.15, -0.1) is 0 Å². The quantitative estimate of drug-likeness (QED) is 0.133. The number of anilines is 3. The zero-order chi connectivity index (χ0) is 62.9. The molecule has 0 aliphatic heterocycles. The topological polar surface area (TPSA) is 18.0 Å². The summed E-state index contributed by atoms with van der Waals surface area (Å²) in [5.41, 5.74) is 28.4. The Bertz CT molecular complexity index is 6090. The SMILES string of the molecule is CC1(C)c2cc(-c3ccc4c(c3)c3ccccc3n4-c3ccccc3)ccc2-c2ccc(N(c3ccc(-c4ccc(-c5ccc6c7ccccc7n(-c7ccccc7)c6c5)cc4)cc3)c3ccc(-c4ccc5c(c4)c4ccccc4n5-c4ccccc4)c4ccccc34)cc21. The van der Waals surface area contributed by atoms with Gasteiger partial charge in [0.05, 0.1) is 38.8 Å². The minimum Gasteiger partial charge on any atom is -0.310 e. The number of para-hydroxylation sites is 6. The third-order valence-corrected chi connectivity index (χ3v) is 20.4. The fraction of sp³-hybridized carbons (Fsp3) is 0.0330. The van der Waals surface area contributed by atoms with Crippen LogP contribution in [0.1, 0.15) is 25.0 Å². The minimum atomic E-state index is -0.300. The molecule has 19 rings (SSSR count). The van der Waals surface area contributed by atoms with Crippen LogP contribution in [0.25, 0.3) is 149 Å². The van der Waals surface area contributed by atoms with E-state index in [-0.39, 0.29) is 5.41 Å². The summed E-state index contributed by atoms with van der Waals surface area (Å²) in [5, 5.41) is 9.86. The summed E-state index contributed by atoms with van der Waals surface area (Å²) in [7, 11) is 0. The largest absolute Gasteiger partial charge is 0.310 e. The summed E-state index contributed by atoms with van der Waals surface area (Å²) in [4.78, 5) is 2.49. The van der Waals surface area contributed by atoms with Gasteiger partial charge in [-0.05, 0) is 193 Å². The van der Waals surface area contributed by atoms with Gasteiger partial charge in [-0.3, -0.25) is 0 Å². The molecule has 1 aliphatic rings. The normalized spacial score (nSPS) is 12.6. The Hall–Kier alpha value is -12.2. The summed E-state index contributed by atoms with van der Waals surface area (Å²) in [6.07, 6.45) is 0. The van der Waals surface area contributed by atoms with Gasteiger partial charge in [-0.1, -0.05) is 232 Å². The van der Waals surface area contributed by atoms with Gasteiger partial charge in [0.15, 0.2) is 0 Å². The maximum Gasteiger partial charge on any atom is 0.0547 e. The maximum absolute atomic E-state index is 2.49. The molecule has 0 fully saturated rings. The highest BCUT2D eigenvalue weighted by molar-refractivity contribution is 6.14. The first-order valence-electron chi connectivity index (χ1n) is 33.0. The van der Waals surface area contributed by atoms with Crippen molar-refractivity contribution in [2.24, 2.45) is 0 Å². The van der Waals surface area contributed by atoms with Gasteiger partial charge in [-0.25, -0.2) is 0 Å². The van der Waals surface area contributed by atoms with E-state index in [9.17, 15) is 0 Å². The molecular formula is C91H62N4. The molecule has 1 aliphatic carbocycles. The van der Waals surface area contributed by atoms with Crippen molar-refractivity contribution in [1.29, 1.82) is 0 Å². The smallest absolute Gasteiger partial charge is 0.0547 e. The number of rotatable bonds is 10. The van der Waals surface area contributed by atoms with E-state index in [1.165, 1.54) is 137 Å². The third-order valence-electron chi connectivity index (χ3n) is 20.4. The second-order valence-corrected chi connectivity index (χ2v) is 26.0. The van der Waals surface area contributed by atoms with E-state index in [0.717, 1.165) is 39.7 Å². The summed E-state index contributed by atoms with van der Waals surface area (Å²) >= 11 is 0. The number of fused-ring (bicyclic) bond motifs is 13. The Morgan fingerprint density at radius 3 is 1.16 bits per heavy atom. The molecular weight excluding hydrogens is 1150 g/mol. The molecule has 4 nitrogen and oxygen atoms in total. The van der Waals surface area contributed by atoms with Crippen molar-refractivity contribution >= 4 is 93.3 Å². The number of hydrogen-bond acceptors (Lipinski definition) is 1. The molecule has 4 heteroatoms. The Morgan fingerprint density at radius 2 is 0.579 bits per heavy atom. The molecule has 0 unspecified atom stereocenters. The van der Waals surface area contributed by atoms with Crippen LogP contribution in [0.3, 0.4) is 0 Å². The van der Waals surface area contributed by atoms with Gasteiger partial charge in [0.25, 0.3) is 0 Å². The van der Waals surface area contributed by atoms with Crippen LogP contribution in [0.5, 0.6) is 0 Å². The van der Waals surface area contributed by atoms with E-state index in [1.54, 1.807) is 0 Å². The van der Waals surface area contributed by atoms with Crippen LogP contribution in [0.4, 0.5) is 17.1 Å². The molecule has 3 heterocycles. The fourth-order valence-corrected chi connectivity index (χ4v) is 15.9. The van der Waals surface area contributed by atoms with Gasteiger partial charge in [0, 0.05) is 71.6 Å². The van der Waals surface area contributed by atoms with E-state index in [4.69, 9.17) is 0 Å². The molecule has 15 aromatic carbocycles. The van der Waals surface area contributed by atoms with Crippen LogP contribution >= 0.6 is 0 Å². The summed E-state index contributed by atoms with van der Waals surface area (Å²) < 4.78 is 7.18. The van der Waals surface area contributed by atoms with Crippen molar-refractivity contribution in [3.8, 4) is 72.7 Å². The molecule has 0 bridgehead atoms. The number of aromatic nitrogens is 3. The standard InChI is InChI=1S/C91H62N4/c1-91(2)82-56-63(62-42-51-88-80(54-62)77-29-15-18-32-85(77)93(88)66-20-6-3-7-21-66)40-47-73(82)74-49-46-70(58-83(74)91)92(87-53-50-71(72-26-12-13-27-75(72)87)65-43-52-89-81(55-65)78-30-16-19-33-86(78)94(89)67-22-8-4-9-23-67)69-44-38-60(39-45-69)59-34-36-61(37-35-59)64-41-48-79-76-28-14-17-31-84(76)95(90(79)57-64)68-24-10-5-11-25-68/h3-58H,1-2H3. The molecule has 0 spiro atoms. The monoisotopic (exact) mass is 1210 g/mol. The van der Waals surface area contributed by atoms with E-state index >= 15 is 0 Å². The lowest BCUT2D eigenvalue weighted by Gasteiger charge is -2.29. The van der Waals surface area contributed by atoms with Gasteiger partial charge in [-0.2, -0.15) is 0 Å². The van der Waals surface area contributed by atoms with Gasteiger partial charge in [0.1, 0.15) is 0 Å². The first-order valence-corrected chi connectivity index (χ1v) is 33.0. The second kappa shape index (κ2) is 21.4. The van der Waals surface area contributed by atoms with Crippen molar-refractivity contribution in [3.05, 3.63) is 351 Å². The lowest BCUT2D eigenvalue weighted by molar-refractivity contribution is 0.660. The first-order chi connectivity index (χ1) is 46.9. The van der Waals surface area contributed by atoms with Gasteiger partial charge >= 0.3 is 0 Å². The molecule has 0 saturated heterocycles. The highest BCUT2D eigenvalue weighted by atomic mass is 15.1. The van der Waals surface area contributed by atoms with E-state index in [2.05, 4.69) is 372 Å². The van der Waals surface area contributed by atoms with Crippen LogP contribution in [-0.4, -0.2) is 13.7 Å². The molecule has 0 saturated carbocycles. The van der Waals surface area contributed by atoms with Crippen LogP contribution in [0.15, 0.2) is 340 Å².